The molecule has 0 saturated carbocycles. The van der Waals surface area contributed by atoms with Crippen molar-refractivity contribution in [1.82, 2.24) is 5.32 Å². The Hall–Kier alpha value is -2.62. The molecule has 0 radical (unpaired) electrons. The maximum absolute atomic E-state index is 12.5. The van der Waals surface area contributed by atoms with Gasteiger partial charge in [0.2, 0.25) is 0 Å². The molecule has 142 valence electrons. The van der Waals surface area contributed by atoms with Crippen LogP contribution in [0.2, 0.25) is 0 Å². The molecule has 2 aromatic carbocycles. The summed E-state index contributed by atoms with van der Waals surface area (Å²) in [6, 6.07) is 13.6. The molecule has 4 heteroatoms. The van der Waals surface area contributed by atoms with Gasteiger partial charge in [0.1, 0.15) is 5.75 Å². The Kier molecular flexibility index (Phi) is 5.64. The fraction of sp³-hybridized carbons (Fsp3) is 0.391. The van der Waals surface area contributed by atoms with Gasteiger partial charge in [0.05, 0.1) is 11.6 Å². The molecule has 1 amide bonds. The number of amides is 1. The molecule has 0 spiro atoms. The van der Waals surface area contributed by atoms with Crippen molar-refractivity contribution in [3.8, 4) is 5.75 Å². The summed E-state index contributed by atoms with van der Waals surface area (Å²) in [7, 11) is 0. The third-order valence-corrected chi connectivity index (χ3v) is 5.19. The average Bonchev–Trinajstić information content (AvgIpc) is 2.95. The zero-order valence-electron chi connectivity index (χ0n) is 16.4. The largest absolute Gasteiger partial charge is 0.483 e. The third-order valence-electron chi connectivity index (χ3n) is 5.19. The van der Waals surface area contributed by atoms with Gasteiger partial charge in [0.25, 0.3) is 5.91 Å². The number of carbonyl (C=O) groups excluding carboxylic acids is 2. The first-order chi connectivity index (χ1) is 12.9. The van der Waals surface area contributed by atoms with Gasteiger partial charge in [-0.15, -0.1) is 0 Å². The molecule has 0 aliphatic heterocycles. The first-order valence-electron chi connectivity index (χ1n) is 9.52. The summed E-state index contributed by atoms with van der Waals surface area (Å²) in [4.78, 5) is 24.9. The van der Waals surface area contributed by atoms with E-state index in [9.17, 15) is 9.59 Å². The van der Waals surface area contributed by atoms with E-state index in [2.05, 4.69) is 26.1 Å². The van der Waals surface area contributed by atoms with Gasteiger partial charge in [-0.05, 0) is 41.5 Å². The second-order valence-electron chi connectivity index (χ2n) is 7.69. The predicted molar refractivity (Wildman–Crippen MR) is 106 cm³/mol. The molecular formula is C23H27NO3. The van der Waals surface area contributed by atoms with Crippen molar-refractivity contribution in [2.75, 3.05) is 6.61 Å². The third kappa shape index (κ3) is 4.05. The zero-order chi connectivity index (χ0) is 19.6. The second kappa shape index (κ2) is 7.95. The maximum Gasteiger partial charge on any atom is 0.258 e. The number of fused-ring (bicyclic) bond motifs is 1. The van der Waals surface area contributed by atoms with Crippen LogP contribution in [-0.4, -0.2) is 18.3 Å². The summed E-state index contributed by atoms with van der Waals surface area (Å²) < 4.78 is 5.77. The van der Waals surface area contributed by atoms with Crippen LogP contribution in [0.15, 0.2) is 42.5 Å². The maximum atomic E-state index is 12.5. The molecule has 1 aliphatic carbocycles. The van der Waals surface area contributed by atoms with Crippen molar-refractivity contribution in [2.45, 2.75) is 46.1 Å². The fourth-order valence-electron chi connectivity index (χ4n) is 3.88. The number of hydrogen-bond acceptors (Lipinski definition) is 3. The van der Waals surface area contributed by atoms with Crippen LogP contribution in [0.4, 0.5) is 0 Å². The van der Waals surface area contributed by atoms with Crippen molar-refractivity contribution in [1.29, 1.82) is 0 Å². The summed E-state index contributed by atoms with van der Waals surface area (Å²) in [6.07, 6.45) is 0.506. The van der Waals surface area contributed by atoms with Gasteiger partial charge in [-0.1, -0.05) is 57.2 Å². The van der Waals surface area contributed by atoms with Crippen molar-refractivity contribution >= 4 is 11.7 Å². The number of Topliss-reactive ketones (excluding diaryl/α,β-unsaturated/α-hetero) is 1. The molecule has 0 fully saturated rings. The van der Waals surface area contributed by atoms with Gasteiger partial charge in [-0.3, -0.25) is 9.59 Å². The minimum absolute atomic E-state index is 0.0762. The number of benzene rings is 2. The lowest BCUT2D eigenvalue weighted by Crippen LogP contribution is -2.35. The van der Waals surface area contributed by atoms with Crippen LogP contribution < -0.4 is 10.1 Å². The van der Waals surface area contributed by atoms with E-state index in [4.69, 9.17) is 4.74 Å². The van der Waals surface area contributed by atoms with Gasteiger partial charge in [-0.25, -0.2) is 0 Å². The fourth-order valence-corrected chi connectivity index (χ4v) is 3.88. The van der Waals surface area contributed by atoms with Crippen LogP contribution in [0.3, 0.4) is 0 Å². The minimum atomic E-state index is -0.189. The standard InChI is InChI=1S/C23H27NO3/c1-14(2)23(17-8-6-5-7-9-17)24-20(26)13-27-19-11-10-15(3)21-16(4)12-18(25)22(19)21/h5-11,14,16,23H,12-13H2,1-4H3,(H,24,26)/t16-,23-/m0/s1. The number of ether oxygens (including phenoxy) is 1. The van der Waals surface area contributed by atoms with Gasteiger partial charge in [0, 0.05) is 6.42 Å². The average molecular weight is 365 g/mol. The lowest BCUT2D eigenvalue weighted by Gasteiger charge is -2.23. The number of aryl methyl sites for hydroxylation is 1. The molecule has 3 rings (SSSR count). The molecule has 1 aliphatic rings. The SMILES string of the molecule is Cc1ccc(OCC(=O)N[C@H](c2ccccc2)C(C)C)c2c1[C@@H](C)CC2=O. The first-order valence-corrected chi connectivity index (χ1v) is 9.52. The van der Waals surface area contributed by atoms with Crippen molar-refractivity contribution in [3.63, 3.8) is 0 Å². The lowest BCUT2D eigenvalue weighted by molar-refractivity contribution is -0.124. The molecule has 0 aromatic heterocycles. The van der Waals surface area contributed by atoms with E-state index >= 15 is 0 Å². The smallest absolute Gasteiger partial charge is 0.258 e. The molecular weight excluding hydrogens is 338 g/mol. The van der Waals surface area contributed by atoms with Crippen LogP contribution in [0.1, 0.15) is 66.2 Å². The normalized spacial score (nSPS) is 16.9. The van der Waals surface area contributed by atoms with Gasteiger partial charge < -0.3 is 10.1 Å². The zero-order valence-corrected chi connectivity index (χ0v) is 16.4. The van der Waals surface area contributed by atoms with Gasteiger partial charge in [0.15, 0.2) is 12.4 Å². The molecule has 4 nitrogen and oxygen atoms in total. The van der Waals surface area contributed by atoms with Gasteiger partial charge in [-0.2, -0.15) is 0 Å². The predicted octanol–water partition coefficient (Wildman–Crippen LogP) is 4.58. The van der Waals surface area contributed by atoms with E-state index in [1.807, 2.05) is 43.3 Å². The highest BCUT2D eigenvalue weighted by Crippen LogP contribution is 2.40. The number of nitrogens with one attached hydrogen (secondary N) is 1. The lowest BCUT2D eigenvalue weighted by atomic mass is 9.96. The van der Waals surface area contributed by atoms with Crippen LogP contribution in [0, 0.1) is 12.8 Å². The Labute approximate surface area is 160 Å². The van der Waals surface area contributed by atoms with E-state index < -0.39 is 0 Å². The van der Waals surface area contributed by atoms with E-state index in [0.29, 0.717) is 17.7 Å². The molecule has 0 bridgehead atoms. The molecule has 0 unspecified atom stereocenters. The Bertz CT molecular complexity index is 842. The molecule has 2 aromatic rings. The van der Waals surface area contributed by atoms with Gasteiger partial charge >= 0.3 is 0 Å². The second-order valence-corrected chi connectivity index (χ2v) is 7.69. The number of carbonyl (C=O) groups is 2. The summed E-state index contributed by atoms with van der Waals surface area (Å²) in [5, 5.41) is 3.05. The number of ketones is 1. The van der Waals surface area contributed by atoms with E-state index in [0.717, 1.165) is 16.7 Å². The van der Waals surface area contributed by atoms with E-state index in [1.54, 1.807) is 6.07 Å². The van der Waals surface area contributed by atoms with Crippen LogP contribution in [-0.2, 0) is 4.79 Å². The minimum Gasteiger partial charge on any atom is -0.483 e. The highest BCUT2D eigenvalue weighted by molar-refractivity contribution is 6.04. The molecule has 1 N–H and O–H groups in total. The Balaban J connectivity index is 1.71. The van der Waals surface area contributed by atoms with Crippen molar-refractivity contribution in [3.05, 3.63) is 64.7 Å². The first kappa shape index (κ1) is 19.2. The van der Waals surface area contributed by atoms with Crippen molar-refractivity contribution < 1.29 is 14.3 Å². The topological polar surface area (TPSA) is 55.4 Å². The van der Waals surface area contributed by atoms with Crippen LogP contribution in [0.5, 0.6) is 5.75 Å². The molecule has 2 atom stereocenters. The van der Waals surface area contributed by atoms with Crippen molar-refractivity contribution in [2.24, 2.45) is 5.92 Å². The highest BCUT2D eigenvalue weighted by atomic mass is 16.5. The number of rotatable bonds is 6. The van der Waals surface area contributed by atoms with E-state index in [-0.39, 0.29) is 36.2 Å². The van der Waals surface area contributed by atoms with Crippen LogP contribution >= 0.6 is 0 Å². The molecule has 27 heavy (non-hydrogen) atoms. The molecule has 0 saturated heterocycles. The highest BCUT2D eigenvalue weighted by Gasteiger charge is 2.31. The summed E-state index contributed by atoms with van der Waals surface area (Å²) in [5.41, 5.74) is 3.88. The summed E-state index contributed by atoms with van der Waals surface area (Å²) >= 11 is 0. The van der Waals surface area contributed by atoms with Crippen LogP contribution in [0.25, 0.3) is 0 Å². The monoisotopic (exact) mass is 365 g/mol. The quantitative estimate of drug-likeness (QED) is 0.815. The number of hydrogen-bond donors (Lipinski definition) is 1. The Morgan fingerprint density at radius 1 is 1.19 bits per heavy atom. The summed E-state index contributed by atoms with van der Waals surface area (Å²) in [5.74, 6) is 0.878. The van der Waals surface area contributed by atoms with E-state index in [1.165, 1.54) is 0 Å². The molecule has 0 heterocycles. The Morgan fingerprint density at radius 2 is 1.89 bits per heavy atom. The summed E-state index contributed by atoms with van der Waals surface area (Å²) in [6.45, 7) is 8.11. The Morgan fingerprint density at radius 3 is 2.56 bits per heavy atom.